The van der Waals surface area contributed by atoms with Crippen molar-refractivity contribution in [1.82, 2.24) is 9.29 Å². The maximum atomic E-state index is 12.7. The number of nitrogens with one attached hydrogen (secondary N) is 1. The molecule has 21 heavy (non-hydrogen) atoms. The largest absolute Gasteiger partial charge is 0.386 e. The third kappa shape index (κ3) is 3.34. The summed E-state index contributed by atoms with van der Waals surface area (Å²) in [5.41, 5.74) is 1.26. The molecular formula is C14H16ClN3O2S. The van der Waals surface area contributed by atoms with Gasteiger partial charge >= 0.3 is 0 Å². The first-order chi connectivity index (χ1) is 9.96. The highest BCUT2D eigenvalue weighted by Gasteiger charge is 2.25. The lowest BCUT2D eigenvalue weighted by Crippen LogP contribution is -2.27. The molecule has 0 spiro atoms. The first-order valence-corrected chi connectivity index (χ1v) is 8.10. The first kappa shape index (κ1) is 15.8. The molecule has 1 N–H and O–H groups in total. The van der Waals surface area contributed by atoms with Crippen molar-refractivity contribution < 1.29 is 8.42 Å². The number of benzene rings is 1. The van der Waals surface area contributed by atoms with Crippen LogP contribution >= 0.6 is 11.6 Å². The van der Waals surface area contributed by atoms with Gasteiger partial charge in [-0.3, -0.25) is 4.98 Å². The van der Waals surface area contributed by atoms with Crippen molar-refractivity contribution in [3.8, 4) is 0 Å². The molecule has 7 heteroatoms. The Bertz CT molecular complexity index is 720. The molecule has 1 heterocycles. The maximum Gasteiger partial charge on any atom is 0.246 e. The molecule has 1 aromatic heterocycles. The molecule has 5 nitrogen and oxygen atoms in total. The van der Waals surface area contributed by atoms with E-state index in [0.29, 0.717) is 5.69 Å². The second-order valence-corrected chi connectivity index (χ2v) is 6.91. The molecule has 2 aromatic rings. The third-order valence-electron chi connectivity index (χ3n) is 3.05. The molecule has 0 aliphatic carbocycles. The third-order valence-corrected chi connectivity index (χ3v) is 5.15. The standard InChI is InChI=1S/C14H16ClN3O2S/c1-16-14-12(15)8-17-9-13(14)21(19,20)18(2)10-11-6-4-3-5-7-11/h3-9H,10H2,1-2H3,(H,16,17). The Morgan fingerprint density at radius 2 is 1.90 bits per heavy atom. The quantitative estimate of drug-likeness (QED) is 0.918. The second-order valence-electron chi connectivity index (χ2n) is 4.49. The Morgan fingerprint density at radius 3 is 2.52 bits per heavy atom. The molecule has 0 bridgehead atoms. The Hall–Kier alpha value is -1.63. The molecular weight excluding hydrogens is 310 g/mol. The summed E-state index contributed by atoms with van der Waals surface area (Å²) in [6.07, 6.45) is 2.71. The summed E-state index contributed by atoms with van der Waals surface area (Å²) in [5, 5.41) is 3.08. The number of hydrogen-bond acceptors (Lipinski definition) is 4. The van der Waals surface area contributed by atoms with E-state index in [0.717, 1.165) is 5.56 Å². The van der Waals surface area contributed by atoms with Crippen LogP contribution in [0.3, 0.4) is 0 Å². The minimum absolute atomic E-state index is 0.0657. The monoisotopic (exact) mass is 325 g/mol. The van der Waals surface area contributed by atoms with Gasteiger partial charge in [-0.05, 0) is 5.56 Å². The van der Waals surface area contributed by atoms with E-state index >= 15 is 0 Å². The van der Waals surface area contributed by atoms with E-state index in [1.54, 1.807) is 7.05 Å². The van der Waals surface area contributed by atoms with Crippen molar-refractivity contribution in [1.29, 1.82) is 0 Å². The Morgan fingerprint density at radius 1 is 1.24 bits per heavy atom. The molecule has 0 aliphatic heterocycles. The zero-order chi connectivity index (χ0) is 15.5. The number of halogens is 1. The van der Waals surface area contributed by atoms with Crippen LogP contribution in [0, 0.1) is 0 Å². The molecule has 2 rings (SSSR count). The molecule has 0 unspecified atom stereocenters. The zero-order valence-electron chi connectivity index (χ0n) is 11.7. The summed E-state index contributed by atoms with van der Waals surface area (Å²) in [6, 6.07) is 9.38. The lowest BCUT2D eigenvalue weighted by molar-refractivity contribution is 0.467. The summed E-state index contributed by atoms with van der Waals surface area (Å²) in [4.78, 5) is 3.94. The average molecular weight is 326 g/mol. The lowest BCUT2D eigenvalue weighted by Gasteiger charge is -2.19. The van der Waals surface area contributed by atoms with Crippen molar-refractivity contribution in [2.45, 2.75) is 11.4 Å². The van der Waals surface area contributed by atoms with E-state index in [-0.39, 0.29) is 16.5 Å². The van der Waals surface area contributed by atoms with E-state index in [4.69, 9.17) is 11.6 Å². The van der Waals surface area contributed by atoms with Crippen molar-refractivity contribution in [3.63, 3.8) is 0 Å². The van der Waals surface area contributed by atoms with E-state index in [1.165, 1.54) is 23.7 Å². The van der Waals surface area contributed by atoms with E-state index in [2.05, 4.69) is 10.3 Å². The van der Waals surface area contributed by atoms with Crippen molar-refractivity contribution in [3.05, 3.63) is 53.3 Å². The SMILES string of the molecule is CNc1c(Cl)cncc1S(=O)(=O)N(C)Cc1ccccc1. The van der Waals surface area contributed by atoms with Crippen LogP contribution < -0.4 is 5.32 Å². The molecule has 0 amide bonds. The molecule has 0 aliphatic rings. The number of sulfonamides is 1. The fraction of sp³-hybridized carbons (Fsp3) is 0.214. The van der Waals surface area contributed by atoms with Crippen LogP contribution in [0.5, 0.6) is 0 Å². The Balaban J connectivity index is 2.36. The van der Waals surface area contributed by atoms with E-state index in [9.17, 15) is 8.42 Å². The van der Waals surface area contributed by atoms with Crippen LogP contribution in [0.15, 0.2) is 47.6 Å². The molecule has 112 valence electrons. The van der Waals surface area contributed by atoms with Gasteiger partial charge in [0.2, 0.25) is 10.0 Å². The minimum Gasteiger partial charge on any atom is -0.386 e. The minimum atomic E-state index is -3.68. The highest BCUT2D eigenvalue weighted by Crippen LogP contribution is 2.30. The summed E-state index contributed by atoms with van der Waals surface area (Å²) >= 11 is 5.99. The number of rotatable bonds is 5. The number of hydrogen-bond donors (Lipinski definition) is 1. The van der Waals surface area contributed by atoms with Gasteiger partial charge in [0, 0.05) is 33.0 Å². The van der Waals surface area contributed by atoms with Crippen LogP contribution in [0.4, 0.5) is 5.69 Å². The number of anilines is 1. The van der Waals surface area contributed by atoms with Crippen molar-refractivity contribution >= 4 is 27.3 Å². The summed E-state index contributed by atoms with van der Waals surface area (Å²) < 4.78 is 26.6. The van der Waals surface area contributed by atoms with Crippen molar-refractivity contribution in [2.24, 2.45) is 0 Å². The van der Waals surface area contributed by atoms with Gasteiger partial charge in [-0.25, -0.2) is 8.42 Å². The summed E-state index contributed by atoms with van der Waals surface area (Å²) in [6.45, 7) is 0.277. The van der Waals surface area contributed by atoms with Crippen LogP contribution in [0.2, 0.25) is 5.02 Å². The topological polar surface area (TPSA) is 62.3 Å². The Labute approximate surface area is 129 Å². The van der Waals surface area contributed by atoms with E-state index < -0.39 is 10.0 Å². The van der Waals surface area contributed by atoms with Crippen LogP contribution in [-0.4, -0.2) is 31.8 Å². The van der Waals surface area contributed by atoms with Gasteiger partial charge in [-0.15, -0.1) is 0 Å². The smallest absolute Gasteiger partial charge is 0.246 e. The average Bonchev–Trinajstić information content (AvgIpc) is 2.48. The molecule has 0 fully saturated rings. The second kappa shape index (κ2) is 6.43. The Kier molecular flexibility index (Phi) is 4.82. The molecule has 1 aromatic carbocycles. The zero-order valence-corrected chi connectivity index (χ0v) is 13.3. The van der Waals surface area contributed by atoms with Crippen LogP contribution in [0.25, 0.3) is 0 Å². The lowest BCUT2D eigenvalue weighted by atomic mass is 10.2. The maximum absolute atomic E-state index is 12.7. The van der Waals surface area contributed by atoms with Crippen LogP contribution in [-0.2, 0) is 16.6 Å². The van der Waals surface area contributed by atoms with Gasteiger partial charge in [0.15, 0.2) is 0 Å². The first-order valence-electron chi connectivity index (χ1n) is 6.28. The normalized spacial score (nSPS) is 11.6. The number of pyridine rings is 1. The summed E-state index contributed by atoms with van der Waals surface area (Å²) in [7, 11) is -0.526. The molecule has 0 atom stereocenters. The van der Waals surface area contributed by atoms with Gasteiger partial charge in [-0.2, -0.15) is 4.31 Å². The molecule has 0 saturated carbocycles. The number of aromatic nitrogens is 1. The fourth-order valence-electron chi connectivity index (χ4n) is 1.95. The highest BCUT2D eigenvalue weighted by molar-refractivity contribution is 7.89. The van der Waals surface area contributed by atoms with Gasteiger partial charge in [0.05, 0.1) is 10.7 Å². The van der Waals surface area contributed by atoms with Gasteiger partial charge in [0.25, 0.3) is 0 Å². The van der Waals surface area contributed by atoms with Crippen molar-refractivity contribution in [2.75, 3.05) is 19.4 Å². The predicted molar refractivity (Wildman–Crippen MR) is 83.9 cm³/mol. The fourth-order valence-corrected chi connectivity index (χ4v) is 3.58. The van der Waals surface area contributed by atoms with Gasteiger partial charge in [-0.1, -0.05) is 41.9 Å². The predicted octanol–water partition coefficient (Wildman–Crippen LogP) is 2.60. The van der Waals surface area contributed by atoms with Gasteiger partial charge < -0.3 is 5.32 Å². The number of nitrogens with zero attached hydrogens (tertiary/aromatic N) is 2. The highest BCUT2D eigenvalue weighted by atomic mass is 35.5. The van der Waals surface area contributed by atoms with E-state index in [1.807, 2.05) is 30.3 Å². The van der Waals surface area contributed by atoms with Crippen LogP contribution in [0.1, 0.15) is 5.56 Å². The summed E-state index contributed by atoms with van der Waals surface area (Å²) in [5.74, 6) is 0. The molecule has 0 saturated heterocycles. The van der Waals surface area contributed by atoms with Gasteiger partial charge in [0.1, 0.15) is 4.90 Å². The molecule has 0 radical (unpaired) electrons.